The van der Waals surface area contributed by atoms with Gasteiger partial charge in [0.15, 0.2) is 5.82 Å². The third-order valence-corrected chi connectivity index (χ3v) is 3.44. The van der Waals surface area contributed by atoms with Gasteiger partial charge in [0, 0.05) is 18.4 Å². The molecule has 1 aromatic rings. The van der Waals surface area contributed by atoms with Crippen molar-refractivity contribution in [2.45, 2.75) is 57.4 Å². The number of nitrogens with zero attached hydrogens (tertiary/aromatic N) is 2. The monoisotopic (exact) mass is 223 g/mol. The molecule has 1 fully saturated rings. The van der Waals surface area contributed by atoms with Crippen molar-refractivity contribution in [1.29, 1.82) is 0 Å². The first-order valence-electron chi connectivity index (χ1n) is 6.33. The quantitative estimate of drug-likeness (QED) is 0.850. The number of aryl methyl sites for hydroxylation is 1. The highest BCUT2D eigenvalue weighted by Crippen LogP contribution is 2.31. The lowest BCUT2D eigenvalue weighted by atomic mass is 9.86. The first kappa shape index (κ1) is 11.6. The van der Waals surface area contributed by atoms with Gasteiger partial charge >= 0.3 is 0 Å². The molecule has 0 amide bonds. The fourth-order valence-corrected chi connectivity index (χ4v) is 2.39. The summed E-state index contributed by atoms with van der Waals surface area (Å²) in [5, 5.41) is 7.35. The third kappa shape index (κ3) is 2.61. The van der Waals surface area contributed by atoms with Crippen molar-refractivity contribution in [2.24, 2.45) is 0 Å². The van der Waals surface area contributed by atoms with E-state index in [2.05, 4.69) is 22.4 Å². The van der Waals surface area contributed by atoms with Crippen LogP contribution in [0.4, 0.5) is 0 Å². The van der Waals surface area contributed by atoms with E-state index in [1.807, 2.05) is 7.05 Å². The molecule has 90 valence electrons. The van der Waals surface area contributed by atoms with Crippen LogP contribution in [0.2, 0.25) is 0 Å². The van der Waals surface area contributed by atoms with Gasteiger partial charge in [0.2, 0.25) is 5.89 Å². The van der Waals surface area contributed by atoms with Gasteiger partial charge in [0.05, 0.1) is 0 Å². The Balaban J connectivity index is 1.92. The highest BCUT2D eigenvalue weighted by Gasteiger charge is 2.25. The number of hydrogen-bond donors (Lipinski definition) is 1. The molecule has 4 nitrogen and oxygen atoms in total. The summed E-state index contributed by atoms with van der Waals surface area (Å²) in [6.45, 7) is 2.13. The van der Waals surface area contributed by atoms with Crippen molar-refractivity contribution in [3.8, 4) is 0 Å². The maximum Gasteiger partial charge on any atom is 0.229 e. The maximum absolute atomic E-state index is 5.34. The van der Waals surface area contributed by atoms with Crippen molar-refractivity contribution in [3.63, 3.8) is 0 Å². The second-order valence-corrected chi connectivity index (χ2v) is 4.64. The van der Waals surface area contributed by atoms with E-state index >= 15 is 0 Å². The van der Waals surface area contributed by atoms with Crippen molar-refractivity contribution < 1.29 is 4.52 Å². The standard InChI is InChI=1S/C12H21N3O/c1-3-4-11-14-12(16-15-11)9-5-7-10(13-2)8-6-9/h9-10,13H,3-8H2,1-2H3. The van der Waals surface area contributed by atoms with Crippen LogP contribution in [-0.4, -0.2) is 23.2 Å². The fourth-order valence-electron chi connectivity index (χ4n) is 2.39. The summed E-state index contributed by atoms with van der Waals surface area (Å²) in [5.74, 6) is 2.22. The van der Waals surface area contributed by atoms with Crippen LogP contribution < -0.4 is 5.32 Å². The molecular weight excluding hydrogens is 202 g/mol. The Kier molecular flexibility index (Phi) is 3.93. The van der Waals surface area contributed by atoms with Gasteiger partial charge in [-0.1, -0.05) is 12.1 Å². The summed E-state index contributed by atoms with van der Waals surface area (Å²) in [4.78, 5) is 4.48. The molecule has 0 aromatic carbocycles. The average molecular weight is 223 g/mol. The predicted molar refractivity (Wildman–Crippen MR) is 62.3 cm³/mol. The number of hydrogen-bond acceptors (Lipinski definition) is 4. The summed E-state index contributed by atoms with van der Waals surface area (Å²) in [5.41, 5.74) is 0. The lowest BCUT2D eigenvalue weighted by Crippen LogP contribution is -2.29. The maximum atomic E-state index is 5.34. The van der Waals surface area contributed by atoms with Crippen molar-refractivity contribution in [3.05, 3.63) is 11.7 Å². The van der Waals surface area contributed by atoms with Crippen LogP contribution in [0, 0.1) is 0 Å². The Labute approximate surface area is 96.8 Å². The Morgan fingerprint density at radius 3 is 2.69 bits per heavy atom. The summed E-state index contributed by atoms with van der Waals surface area (Å²) in [6.07, 6.45) is 6.76. The van der Waals surface area contributed by atoms with E-state index in [0.717, 1.165) is 24.6 Å². The highest BCUT2D eigenvalue weighted by molar-refractivity contribution is 4.97. The molecule has 1 heterocycles. The van der Waals surface area contributed by atoms with Crippen LogP contribution >= 0.6 is 0 Å². The van der Waals surface area contributed by atoms with E-state index in [9.17, 15) is 0 Å². The van der Waals surface area contributed by atoms with Crippen molar-refractivity contribution in [1.82, 2.24) is 15.5 Å². The molecule has 0 spiro atoms. The number of rotatable bonds is 4. The summed E-state index contributed by atoms with van der Waals surface area (Å²) in [6, 6.07) is 0.675. The van der Waals surface area contributed by atoms with E-state index in [-0.39, 0.29) is 0 Å². The van der Waals surface area contributed by atoms with Crippen LogP contribution in [0.25, 0.3) is 0 Å². The van der Waals surface area contributed by atoms with Crippen LogP contribution in [0.5, 0.6) is 0 Å². The molecule has 0 bridgehead atoms. The molecule has 0 unspecified atom stereocenters. The van der Waals surface area contributed by atoms with Crippen molar-refractivity contribution in [2.75, 3.05) is 7.05 Å². The summed E-state index contributed by atoms with van der Waals surface area (Å²) in [7, 11) is 2.04. The van der Waals surface area contributed by atoms with E-state index in [1.54, 1.807) is 0 Å². The Morgan fingerprint density at radius 1 is 1.31 bits per heavy atom. The van der Waals surface area contributed by atoms with Gasteiger partial charge in [-0.3, -0.25) is 0 Å². The fraction of sp³-hybridized carbons (Fsp3) is 0.833. The molecule has 1 saturated carbocycles. The minimum atomic E-state index is 0.489. The molecule has 0 atom stereocenters. The average Bonchev–Trinajstić information content (AvgIpc) is 2.78. The first-order chi connectivity index (χ1) is 7.83. The Bertz CT molecular complexity index is 316. The van der Waals surface area contributed by atoms with E-state index < -0.39 is 0 Å². The lowest BCUT2D eigenvalue weighted by molar-refractivity contribution is 0.287. The van der Waals surface area contributed by atoms with Gasteiger partial charge in [0.1, 0.15) is 0 Å². The third-order valence-electron chi connectivity index (χ3n) is 3.44. The second kappa shape index (κ2) is 5.43. The molecule has 1 N–H and O–H groups in total. The molecule has 0 saturated heterocycles. The molecule has 4 heteroatoms. The molecule has 1 aromatic heterocycles. The zero-order valence-electron chi connectivity index (χ0n) is 10.2. The molecular formula is C12H21N3O. The molecule has 2 rings (SSSR count). The molecule has 1 aliphatic rings. The van der Waals surface area contributed by atoms with E-state index in [1.165, 1.54) is 25.7 Å². The summed E-state index contributed by atoms with van der Waals surface area (Å²) < 4.78 is 5.34. The number of aromatic nitrogens is 2. The Hall–Kier alpha value is -0.900. The Morgan fingerprint density at radius 2 is 2.06 bits per heavy atom. The largest absolute Gasteiger partial charge is 0.339 e. The van der Waals surface area contributed by atoms with Crippen LogP contribution in [-0.2, 0) is 6.42 Å². The highest BCUT2D eigenvalue weighted by atomic mass is 16.5. The molecule has 0 aliphatic heterocycles. The number of nitrogens with one attached hydrogen (secondary N) is 1. The van der Waals surface area contributed by atoms with E-state index in [4.69, 9.17) is 4.52 Å². The molecule has 0 radical (unpaired) electrons. The molecule has 1 aliphatic carbocycles. The van der Waals surface area contributed by atoms with Crippen LogP contribution in [0.3, 0.4) is 0 Å². The van der Waals surface area contributed by atoms with E-state index in [0.29, 0.717) is 12.0 Å². The van der Waals surface area contributed by atoms with Crippen LogP contribution in [0.15, 0.2) is 4.52 Å². The van der Waals surface area contributed by atoms with Gasteiger partial charge in [-0.05, 0) is 39.2 Å². The second-order valence-electron chi connectivity index (χ2n) is 4.64. The minimum absolute atomic E-state index is 0.489. The summed E-state index contributed by atoms with van der Waals surface area (Å²) >= 11 is 0. The minimum Gasteiger partial charge on any atom is -0.339 e. The van der Waals surface area contributed by atoms with Crippen LogP contribution in [0.1, 0.15) is 56.7 Å². The topological polar surface area (TPSA) is 51.0 Å². The molecule has 16 heavy (non-hydrogen) atoms. The first-order valence-corrected chi connectivity index (χ1v) is 6.33. The normalized spacial score (nSPS) is 25.9. The van der Waals surface area contributed by atoms with Gasteiger partial charge in [0.25, 0.3) is 0 Å². The lowest BCUT2D eigenvalue weighted by Gasteiger charge is -2.25. The van der Waals surface area contributed by atoms with Gasteiger partial charge in [-0.2, -0.15) is 4.98 Å². The van der Waals surface area contributed by atoms with Gasteiger partial charge < -0.3 is 9.84 Å². The van der Waals surface area contributed by atoms with Gasteiger partial charge in [-0.25, -0.2) is 0 Å². The zero-order valence-corrected chi connectivity index (χ0v) is 10.2. The van der Waals surface area contributed by atoms with Crippen molar-refractivity contribution >= 4 is 0 Å². The predicted octanol–water partition coefficient (Wildman–Crippen LogP) is 2.27. The van der Waals surface area contributed by atoms with Gasteiger partial charge in [-0.15, -0.1) is 0 Å². The smallest absolute Gasteiger partial charge is 0.229 e. The SMILES string of the molecule is CCCc1noc(C2CCC(NC)CC2)n1. The zero-order chi connectivity index (χ0) is 11.4.